The van der Waals surface area contributed by atoms with Gasteiger partial charge in [0.2, 0.25) is 11.0 Å². The molecule has 0 spiro atoms. The molecule has 0 aliphatic rings. The Kier molecular flexibility index (Phi) is 6.89. The lowest BCUT2D eigenvalue weighted by Crippen LogP contribution is -2.15. The van der Waals surface area contributed by atoms with Crippen LogP contribution in [0.4, 0.5) is 10.8 Å². The Morgan fingerprint density at radius 2 is 1.76 bits per heavy atom. The molecule has 1 heterocycles. The first-order valence-corrected chi connectivity index (χ1v) is 10.9. The fourth-order valence-corrected chi connectivity index (χ4v) is 4.58. The molecule has 0 bridgehead atoms. The van der Waals surface area contributed by atoms with Crippen molar-refractivity contribution in [1.82, 2.24) is 10.2 Å². The standard InChI is InChI=1S/C20H19ClN4O2S2/c1-11-8-12(2)17(13(3)9-11)22-16(26)10-28-20-25-24-19(29-20)23-18(27)14-6-4-5-7-15(14)21/h4-9H,10H2,1-3H3,(H,22,26)(H,23,24,27). The number of anilines is 2. The van der Waals surface area contributed by atoms with E-state index in [0.717, 1.165) is 22.4 Å². The SMILES string of the molecule is Cc1cc(C)c(NC(=O)CSc2nnc(NC(=O)c3ccccc3Cl)s2)c(C)c1. The third-order valence-electron chi connectivity index (χ3n) is 4.01. The maximum Gasteiger partial charge on any atom is 0.259 e. The molecule has 29 heavy (non-hydrogen) atoms. The van der Waals surface area contributed by atoms with Crippen LogP contribution >= 0.6 is 34.7 Å². The molecule has 1 aromatic heterocycles. The molecule has 3 rings (SSSR count). The molecule has 9 heteroatoms. The molecule has 0 aliphatic heterocycles. The average molecular weight is 447 g/mol. The normalized spacial score (nSPS) is 10.6. The summed E-state index contributed by atoms with van der Waals surface area (Å²) in [5, 5.41) is 14.3. The highest BCUT2D eigenvalue weighted by Gasteiger charge is 2.14. The molecular weight excluding hydrogens is 428 g/mol. The summed E-state index contributed by atoms with van der Waals surface area (Å²) < 4.78 is 0.590. The van der Waals surface area contributed by atoms with Gasteiger partial charge in [-0.3, -0.25) is 14.9 Å². The van der Waals surface area contributed by atoms with Crippen molar-refractivity contribution in [2.75, 3.05) is 16.4 Å². The lowest BCUT2D eigenvalue weighted by molar-refractivity contribution is -0.113. The van der Waals surface area contributed by atoms with Gasteiger partial charge in [-0.05, 0) is 44.0 Å². The maximum atomic E-state index is 12.3. The van der Waals surface area contributed by atoms with Crippen LogP contribution in [0.5, 0.6) is 0 Å². The second-order valence-corrected chi connectivity index (χ2v) is 9.02. The minimum Gasteiger partial charge on any atom is -0.325 e. The average Bonchev–Trinajstić information content (AvgIpc) is 3.10. The molecule has 2 N–H and O–H groups in total. The third kappa shape index (κ3) is 5.56. The number of hydrogen-bond acceptors (Lipinski definition) is 6. The van der Waals surface area contributed by atoms with Crippen LogP contribution in [0.1, 0.15) is 27.0 Å². The first-order valence-electron chi connectivity index (χ1n) is 8.73. The van der Waals surface area contributed by atoms with E-state index >= 15 is 0 Å². The van der Waals surface area contributed by atoms with Crippen molar-refractivity contribution in [2.24, 2.45) is 0 Å². The number of nitrogens with zero attached hydrogens (tertiary/aromatic N) is 2. The minimum absolute atomic E-state index is 0.123. The van der Waals surface area contributed by atoms with Crippen molar-refractivity contribution in [3.05, 3.63) is 63.7 Å². The van der Waals surface area contributed by atoms with E-state index in [1.54, 1.807) is 24.3 Å². The monoisotopic (exact) mass is 446 g/mol. The van der Waals surface area contributed by atoms with Gasteiger partial charge in [-0.15, -0.1) is 10.2 Å². The number of carbonyl (C=O) groups is 2. The van der Waals surface area contributed by atoms with Gasteiger partial charge in [-0.2, -0.15) is 0 Å². The summed E-state index contributed by atoms with van der Waals surface area (Å²) in [6.45, 7) is 5.97. The molecule has 3 aromatic rings. The van der Waals surface area contributed by atoms with E-state index < -0.39 is 0 Å². The summed E-state index contributed by atoms with van der Waals surface area (Å²) in [7, 11) is 0. The Labute approximate surface area is 182 Å². The zero-order valence-electron chi connectivity index (χ0n) is 16.1. The predicted octanol–water partition coefficient (Wildman–Crippen LogP) is 5.10. The lowest BCUT2D eigenvalue weighted by atomic mass is 10.1. The van der Waals surface area contributed by atoms with Gasteiger partial charge in [0, 0.05) is 5.69 Å². The van der Waals surface area contributed by atoms with Gasteiger partial charge in [0.15, 0.2) is 4.34 Å². The molecule has 0 saturated heterocycles. The summed E-state index contributed by atoms with van der Waals surface area (Å²) in [5.74, 6) is -0.284. The largest absolute Gasteiger partial charge is 0.325 e. The van der Waals surface area contributed by atoms with E-state index in [4.69, 9.17) is 11.6 Å². The second-order valence-electron chi connectivity index (χ2n) is 6.42. The number of benzene rings is 2. The summed E-state index contributed by atoms with van der Waals surface area (Å²) in [5.41, 5.74) is 4.42. The van der Waals surface area contributed by atoms with Gasteiger partial charge in [-0.25, -0.2) is 0 Å². The highest BCUT2D eigenvalue weighted by Crippen LogP contribution is 2.27. The molecule has 2 aromatic carbocycles. The maximum absolute atomic E-state index is 12.3. The van der Waals surface area contributed by atoms with E-state index in [0.29, 0.717) is 20.1 Å². The number of thioether (sulfide) groups is 1. The van der Waals surface area contributed by atoms with Crippen molar-refractivity contribution in [3.8, 4) is 0 Å². The molecule has 2 amide bonds. The van der Waals surface area contributed by atoms with E-state index in [1.165, 1.54) is 23.1 Å². The molecule has 6 nitrogen and oxygen atoms in total. The van der Waals surface area contributed by atoms with Crippen molar-refractivity contribution >= 4 is 57.3 Å². The van der Waals surface area contributed by atoms with Crippen molar-refractivity contribution in [3.63, 3.8) is 0 Å². The smallest absolute Gasteiger partial charge is 0.259 e. The van der Waals surface area contributed by atoms with E-state index in [2.05, 4.69) is 20.8 Å². The molecule has 0 saturated carbocycles. The fraction of sp³-hybridized carbons (Fsp3) is 0.200. The minimum atomic E-state index is -0.355. The van der Waals surface area contributed by atoms with Crippen molar-refractivity contribution in [1.29, 1.82) is 0 Å². The summed E-state index contributed by atoms with van der Waals surface area (Å²) in [6, 6.07) is 10.8. The zero-order valence-corrected chi connectivity index (χ0v) is 18.5. The molecule has 0 unspecified atom stereocenters. The van der Waals surface area contributed by atoms with Crippen LogP contribution in [0.3, 0.4) is 0 Å². The number of rotatable bonds is 6. The van der Waals surface area contributed by atoms with Crippen LogP contribution in [0.15, 0.2) is 40.7 Å². The summed E-state index contributed by atoms with van der Waals surface area (Å²) in [4.78, 5) is 24.6. The number of aromatic nitrogens is 2. The van der Waals surface area contributed by atoms with Gasteiger partial charge in [0.05, 0.1) is 16.3 Å². The fourth-order valence-electron chi connectivity index (χ4n) is 2.81. The van der Waals surface area contributed by atoms with Crippen LogP contribution in [0.25, 0.3) is 0 Å². The highest BCUT2D eigenvalue weighted by molar-refractivity contribution is 8.01. The first kappa shape index (κ1) is 21.3. The van der Waals surface area contributed by atoms with Crippen LogP contribution < -0.4 is 10.6 Å². The Bertz CT molecular complexity index is 1050. The molecule has 0 aliphatic carbocycles. The number of amides is 2. The predicted molar refractivity (Wildman–Crippen MR) is 119 cm³/mol. The highest BCUT2D eigenvalue weighted by atomic mass is 35.5. The number of halogens is 1. The van der Waals surface area contributed by atoms with Crippen molar-refractivity contribution < 1.29 is 9.59 Å². The van der Waals surface area contributed by atoms with Crippen LogP contribution in [-0.4, -0.2) is 27.8 Å². The molecule has 150 valence electrons. The zero-order chi connectivity index (χ0) is 21.0. The Balaban J connectivity index is 1.56. The Hall–Kier alpha value is -2.42. The quantitative estimate of drug-likeness (QED) is 0.406. The third-order valence-corrected chi connectivity index (χ3v) is 6.32. The van der Waals surface area contributed by atoms with Gasteiger partial charge in [-0.1, -0.05) is 64.5 Å². The molecule has 0 radical (unpaired) electrons. The van der Waals surface area contributed by atoms with Crippen LogP contribution in [-0.2, 0) is 4.79 Å². The van der Waals surface area contributed by atoms with Crippen LogP contribution in [0, 0.1) is 20.8 Å². The number of carbonyl (C=O) groups excluding carboxylic acids is 2. The van der Waals surface area contributed by atoms with E-state index in [9.17, 15) is 9.59 Å². The lowest BCUT2D eigenvalue weighted by Gasteiger charge is -2.12. The summed E-state index contributed by atoms with van der Waals surface area (Å²) in [6.07, 6.45) is 0. The van der Waals surface area contributed by atoms with Gasteiger partial charge in [0.1, 0.15) is 0 Å². The van der Waals surface area contributed by atoms with E-state index in [-0.39, 0.29) is 17.6 Å². The molecule has 0 atom stereocenters. The number of nitrogens with one attached hydrogen (secondary N) is 2. The van der Waals surface area contributed by atoms with Gasteiger partial charge < -0.3 is 5.32 Å². The molecule has 0 fully saturated rings. The Morgan fingerprint density at radius 1 is 1.07 bits per heavy atom. The van der Waals surface area contributed by atoms with E-state index in [1.807, 2.05) is 32.9 Å². The first-order chi connectivity index (χ1) is 13.8. The van der Waals surface area contributed by atoms with Crippen molar-refractivity contribution in [2.45, 2.75) is 25.1 Å². The number of aryl methyl sites for hydroxylation is 3. The van der Waals surface area contributed by atoms with Gasteiger partial charge >= 0.3 is 0 Å². The number of hydrogen-bond donors (Lipinski definition) is 2. The Morgan fingerprint density at radius 3 is 2.45 bits per heavy atom. The van der Waals surface area contributed by atoms with Gasteiger partial charge in [0.25, 0.3) is 5.91 Å². The second kappa shape index (κ2) is 9.39. The van der Waals surface area contributed by atoms with Crippen LogP contribution in [0.2, 0.25) is 5.02 Å². The molecular formula is C20H19ClN4O2S2. The summed E-state index contributed by atoms with van der Waals surface area (Å²) >= 11 is 8.50. The topological polar surface area (TPSA) is 84.0 Å².